The van der Waals surface area contributed by atoms with E-state index in [2.05, 4.69) is 0 Å². The van der Waals surface area contributed by atoms with Crippen molar-refractivity contribution in [2.75, 3.05) is 4.90 Å². The molecule has 4 rings (SSSR count). The molecule has 0 aliphatic heterocycles. The highest BCUT2D eigenvalue weighted by molar-refractivity contribution is 5.87. The molecule has 146 valence electrons. The second-order valence-electron chi connectivity index (χ2n) is 7.29. The summed E-state index contributed by atoms with van der Waals surface area (Å²) < 4.78 is 13.2. The van der Waals surface area contributed by atoms with Gasteiger partial charge in [-0.1, -0.05) is 42.5 Å². The highest BCUT2D eigenvalue weighted by atomic mass is 19.1. The summed E-state index contributed by atoms with van der Waals surface area (Å²) in [7, 11) is 0. The molecule has 0 spiro atoms. The van der Waals surface area contributed by atoms with Gasteiger partial charge in [0.1, 0.15) is 5.82 Å². The van der Waals surface area contributed by atoms with Crippen LogP contribution in [0.15, 0.2) is 72.8 Å². The summed E-state index contributed by atoms with van der Waals surface area (Å²) in [6, 6.07) is 21.0. The lowest BCUT2D eigenvalue weighted by Crippen LogP contribution is -2.21. The maximum absolute atomic E-state index is 13.2. The topological polar surface area (TPSA) is 57.6 Å². The van der Waals surface area contributed by atoms with Gasteiger partial charge in [0, 0.05) is 5.69 Å². The second-order valence-corrected chi connectivity index (χ2v) is 7.29. The number of para-hydroxylation sites is 1. The van der Waals surface area contributed by atoms with Crippen LogP contribution in [0, 0.1) is 5.82 Å². The van der Waals surface area contributed by atoms with Crippen molar-refractivity contribution in [1.82, 2.24) is 0 Å². The van der Waals surface area contributed by atoms with E-state index in [1.54, 1.807) is 17.0 Å². The van der Waals surface area contributed by atoms with E-state index >= 15 is 0 Å². The van der Waals surface area contributed by atoms with E-state index in [0.29, 0.717) is 12.5 Å². The van der Waals surface area contributed by atoms with Crippen LogP contribution in [0.1, 0.15) is 45.3 Å². The first-order valence-electron chi connectivity index (χ1n) is 9.45. The third-order valence-corrected chi connectivity index (χ3v) is 5.42. The molecule has 2 atom stereocenters. The van der Waals surface area contributed by atoms with Crippen LogP contribution in [0.25, 0.3) is 0 Å². The molecule has 1 N–H and O–H groups in total. The fraction of sp³-hybridized carbons (Fsp3) is 0.167. The molecular formula is C24H20FNO3. The van der Waals surface area contributed by atoms with Crippen molar-refractivity contribution < 1.29 is 19.1 Å². The van der Waals surface area contributed by atoms with E-state index in [1.165, 1.54) is 24.3 Å². The molecule has 3 aromatic carbocycles. The first-order valence-corrected chi connectivity index (χ1v) is 9.45. The van der Waals surface area contributed by atoms with Crippen LogP contribution in [-0.2, 0) is 11.3 Å². The SMILES string of the molecule is O=CN(Cc1ccc(C(=O)O)cc1)c1ccccc1C1CC1c1ccc(F)cc1. The fourth-order valence-electron chi connectivity index (χ4n) is 3.81. The van der Waals surface area contributed by atoms with Crippen LogP contribution < -0.4 is 4.90 Å². The minimum absolute atomic E-state index is 0.215. The first-order chi connectivity index (χ1) is 14.1. The maximum atomic E-state index is 13.2. The zero-order valence-corrected chi connectivity index (χ0v) is 15.7. The average molecular weight is 389 g/mol. The van der Waals surface area contributed by atoms with Crippen molar-refractivity contribution >= 4 is 18.1 Å². The van der Waals surface area contributed by atoms with Gasteiger partial charge < -0.3 is 10.0 Å². The average Bonchev–Trinajstić information content (AvgIpc) is 3.53. The molecule has 0 aromatic heterocycles. The molecule has 5 heteroatoms. The number of nitrogens with zero attached hydrogens (tertiary/aromatic N) is 1. The number of hydrogen-bond acceptors (Lipinski definition) is 2. The quantitative estimate of drug-likeness (QED) is 0.581. The Kier molecular flexibility index (Phi) is 5.12. The normalized spacial score (nSPS) is 17.6. The van der Waals surface area contributed by atoms with Gasteiger partial charge in [0.15, 0.2) is 0 Å². The number of carboxylic acid groups (broad SMARTS) is 1. The third-order valence-electron chi connectivity index (χ3n) is 5.42. The van der Waals surface area contributed by atoms with E-state index in [0.717, 1.165) is 35.2 Å². The highest BCUT2D eigenvalue weighted by Crippen LogP contribution is 2.56. The van der Waals surface area contributed by atoms with Crippen LogP contribution in [0.2, 0.25) is 0 Å². The Balaban J connectivity index is 1.56. The molecule has 1 amide bonds. The summed E-state index contributed by atoms with van der Waals surface area (Å²) in [6.45, 7) is 0.356. The monoisotopic (exact) mass is 389 g/mol. The summed E-state index contributed by atoms with van der Waals surface area (Å²) in [5.74, 6) is -0.615. The Hall–Kier alpha value is -3.47. The molecule has 0 saturated heterocycles. The standard InChI is InChI=1S/C24H20FNO3/c25-19-11-9-17(10-12-19)21-13-22(21)20-3-1-2-4-23(20)26(15-27)14-16-5-7-18(8-6-16)24(28)29/h1-12,15,21-22H,13-14H2,(H,28,29). The van der Waals surface area contributed by atoms with E-state index < -0.39 is 5.97 Å². The molecule has 1 fully saturated rings. The molecular weight excluding hydrogens is 369 g/mol. The summed E-state index contributed by atoms with van der Waals surface area (Å²) in [6.07, 6.45) is 1.77. The van der Waals surface area contributed by atoms with Gasteiger partial charge in [-0.2, -0.15) is 0 Å². The van der Waals surface area contributed by atoms with Gasteiger partial charge in [0.25, 0.3) is 0 Å². The van der Waals surface area contributed by atoms with Crippen LogP contribution >= 0.6 is 0 Å². The predicted octanol–water partition coefficient (Wildman–Crippen LogP) is 4.96. The highest BCUT2D eigenvalue weighted by Gasteiger charge is 2.41. The first kappa shape index (κ1) is 18.9. The van der Waals surface area contributed by atoms with Crippen molar-refractivity contribution in [3.05, 3.63) is 101 Å². The number of hydrogen-bond donors (Lipinski definition) is 1. The smallest absolute Gasteiger partial charge is 0.335 e. The van der Waals surface area contributed by atoms with Crippen molar-refractivity contribution in [2.24, 2.45) is 0 Å². The summed E-state index contributed by atoms with van der Waals surface area (Å²) in [5.41, 5.74) is 4.11. The molecule has 1 aliphatic carbocycles. The van der Waals surface area contributed by atoms with Crippen molar-refractivity contribution in [2.45, 2.75) is 24.8 Å². The molecule has 1 saturated carbocycles. The zero-order valence-electron chi connectivity index (χ0n) is 15.7. The summed E-state index contributed by atoms with van der Waals surface area (Å²) >= 11 is 0. The summed E-state index contributed by atoms with van der Waals surface area (Å²) in [5, 5.41) is 9.03. The van der Waals surface area contributed by atoms with E-state index in [-0.39, 0.29) is 17.3 Å². The van der Waals surface area contributed by atoms with Gasteiger partial charge in [0.05, 0.1) is 12.1 Å². The number of carbonyl (C=O) groups is 2. The number of benzene rings is 3. The Morgan fingerprint density at radius 3 is 2.34 bits per heavy atom. The molecule has 0 radical (unpaired) electrons. The fourth-order valence-corrected chi connectivity index (χ4v) is 3.81. The molecule has 29 heavy (non-hydrogen) atoms. The Morgan fingerprint density at radius 2 is 1.69 bits per heavy atom. The lowest BCUT2D eigenvalue weighted by molar-refractivity contribution is -0.107. The molecule has 2 unspecified atom stereocenters. The van der Waals surface area contributed by atoms with Gasteiger partial charge >= 0.3 is 5.97 Å². The number of amides is 1. The lowest BCUT2D eigenvalue weighted by atomic mass is 10.0. The lowest BCUT2D eigenvalue weighted by Gasteiger charge is -2.21. The Morgan fingerprint density at radius 1 is 1.00 bits per heavy atom. The molecule has 0 heterocycles. The van der Waals surface area contributed by atoms with Gasteiger partial charge in [-0.25, -0.2) is 9.18 Å². The minimum Gasteiger partial charge on any atom is -0.478 e. The van der Waals surface area contributed by atoms with Gasteiger partial charge in [-0.3, -0.25) is 4.79 Å². The van der Waals surface area contributed by atoms with Gasteiger partial charge in [-0.15, -0.1) is 0 Å². The minimum atomic E-state index is -0.977. The van der Waals surface area contributed by atoms with Crippen LogP contribution in [0.5, 0.6) is 0 Å². The zero-order chi connectivity index (χ0) is 20.4. The number of rotatable bonds is 7. The number of carbonyl (C=O) groups excluding carboxylic acids is 1. The third kappa shape index (κ3) is 4.04. The number of anilines is 1. The molecule has 3 aromatic rings. The van der Waals surface area contributed by atoms with E-state index in [1.807, 2.05) is 36.4 Å². The van der Waals surface area contributed by atoms with Crippen LogP contribution in [0.4, 0.5) is 10.1 Å². The van der Waals surface area contributed by atoms with Crippen LogP contribution in [-0.4, -0.2) is 17.5 Å². The largest absolute Gasteiger partial charge is 0.478 e. The van der Waals surface area contributed by atoms with Crippen LogP contribution in [0.3, 0.4) is 0 Å². The van der Waals surface area contributed by atoms with E-state index in [9.17, 15) is 14.0 Å². The predicted molar refractivity (Wildman–Crippen MR) is 109 cm³/mol. The number of carboxylic acids is 1. The number of aromatic carboxylic acids is 1. The maximum Gasteiger partial charge on any atom is 0.335 e. The van der Waals surface area contributed by atoms with Gasteiger partial charge in [0.2, 0.25) is 6.41 Å². The van der Waals surface area contributed by atoms with Crippen molar-refractivity contribution in [3.8, 4) is 0 Å². The molecule has 0 bridgehead atoms. The summed E-state index contributed by atoms with van der Waals surface area (Å²) in [4.78, 5) is 24.5. The Bertz CT molecular complexity index is 1030. The second kappa shape index (κ2) is 7.87. The van der Waals surface area contributed by atoms with Gasteiger partial charge in [-0.05, 0) is 65.3 Å². The van der Waals surface area contributed by atoms with E-state index in [4.69, 9.17) is 5.11 Å². The molecule has 1 aliphatic rings. The Labute approximate surface area is 168 Å². The van der Waals surface area contributed by atoms with Crippen molar-refractivity contribution in [1.29, 1.82) is 0 Å². The molecule has 4 nitrogen and oxygen atoms in total. The van der Waals surface area contributed by atoms with Crippen molar-refractivity contribution in [3.63, 3.8) is 0 Å². The number of halogens is 1.